The van der Waals surface area contributed by atoms with Gasteiger partial charge in [0.15, 0.2) is 6.17 Å². The van der Waals surface area contributed by atoms with Crippen molar-refractivity contribution in [3.63, 3.8) is 0 Å². The minimum Gasteiger partial charge on any atom is -0.491 e. The van der Waals surface area contributed by atoms with Crippen LogP contribution < -0.4 is 0 Å². The first-order chi connectivity index (χ1) is 13.4. The number of rotatable bonds is 10. The Kier molecular flexibility index (Phi) is 8.96. The predicted octanol–water partition coefficient (Wildman–Crippen LogP) is 3.69. The number of ether oxygens (including phenoxy) is 2. The smallest absolute Gasteiger partial charge is 0.305 e. The summed E-state index contributed by atoms with van der Waals surface area (Å²) in [6.07, 6.45) is 7.21. The first-order valence-electron chi connectivity index (χ1n) is 10.5. The zero-order chi connectivity index (χ0) is 20.7. The van der Waals surface area contributed by atoms with Crippen LogP contribution in [0.3, 0.4) is 0 Å². The van der Waals surface area contributed by atoms with E-state index in [1.807, 2.05) is 6.92 Å². The highest BCUT2D eigenvalue weighted by Crippen LogP contribution is 2.47. The SMILES string of the molecule is CCCCC(C)[C@@H](O)/C=C/[C@@H]1[C@H]2C(F)/C(=C/CCCC(=O)OC)O[C@H]2C[C@H]1O. The molecule has 0 aromatic heterocycles. The van der Waals surface area contributed by atoms with Crippen LogP contribution in [0.5, 0.6) is 0 Å². The number of halogens is 1. The monoisotopic (exact) mass is 398 g/mol. The Morgan fingerprint density at radius 3 is 2.86 bits per heavy atom. The van der Waals surface area contributed by atoms with Crippen LogP contribution in [-0.4, -0.2) is 47.8 Å². The van der Waals surface area contributed by atoms with Crippen LogP contribution in [0.2, 0.25) is 0 Å². The molecule has 160 valence electrons. The van der Waals surface area contributed by atoms with Gasteiger partial charge in [-0.05, 0) is 31.3 Å². The van der Waals surface area contributed by atoms with Gasteiger partial charge in [0.2, 0.25) is 0 Å². The van der Waals surface area contributed by atoms with Crippen molar-refractivity contribution in [3.8, 4) is 0 Å². The van der Waals surface area contributed by atoms with Gasteiger partial charge >= 0.3 is 5.97 Å². The molecule has 0 aromatic carbocycles. The van der Waals surface area contributed by atoms with Crippen molar-refractivity contribution in [3.05, 3.63) is 24.0 Å². The minimum absolute atomic E-state index is 0.136. The van der Waals surface area contributed by atoms with Crippen molar-refractivity contribution in [2.45, 2.75) is 83.3 Å². The van der Waals surface area contributed by atoms with E-state index in [9.17, 15) is 19.4 Å². The maximum Gasteiger partial charge on any atom is 0.305 e. The molecule has 1 saturated carbocycles. The summed E-state index contributed by atoms with van der Waals surface area (Å²) in [5, 5.41) is 20.7. The van der Waals surface area contributed by atoms with Crippen molar-refractivity contribution in [2.75, 3.05) is 7.11 Å². The number of carbonyl (C=O) groups is 1. The summed E-state index contributed by atoms with van der Waals surface area (Å²) in [5.41, 5.74) is 0. The molecule has 0 spiro atoms. The van der Waals surface area contributed by atoms with E-state index in [-0.39, 0.29) is 23.9 Å². The van der Waals surface area contributed by atoms with Gasteiger partial charge in [0.05, 0.1) is 19.3 Å². The Hall–Kier alpha value is -1.40. The third-order valence-electron chi connectivity index (χ3n) is 5.97. The van der Waals surface area contributed by atoms with Gasteiger partial charge in [-0.3, -0.25) is 4.79 Å². The molecule has 0 radical (unpaired) electrons. The van der Waals surface area contributed by atoms with E-state index in [2.05, 4.69) is 11.7 Å². The van der Waals surface area contributed by atoms with Crippen LogP contribution in [0.4, 0.5) is 4.39 Å². The van der Waals surface area contributed by atoms with E-state index in [0.29, 0.717) is 31.4 Å². The van der Waals surface area contributed by atoms with E-state index in [1.165, 1.54) is 7.11 Å². The fourth-order valence-corrected chi connectivity index (χ4v) is 4.14. The summed E-state index contributed by atoms with van der Waals surface area (Å²) in [6.45, 7) is 4.12. The van der Waals surface area contributed by atoms with Crippen LogP contribution in [0.25, 0.3) is 0 Å². The highest BCUT2D eigenvalue weighted by atomic mass is 19.1. The van der Waals surface area contributed by atoms with E-state index < -0.39 is 24.3 Å². The molecule has 1 heterocycles. The molecule has 2 N–H and O–H groups in total. The third kappa shape index (κ3) is 5.80. The Bertz CT molecular complexity index is 561. The number of aliphatic hydroxyl groups is 2. The zero-order valence-electron chi connectivity index (χ0n) is 17.2. The van der Waals surface area contributed by atoms with Gasteiger partial charge in [-0.15, -0.1) is 0 Å². The van der Waals surface area contributed by atoms with Crippen LogP contribution >= 0.6 is 0 Å². The summed E-state index contributed by atoms with van der Waals surface area (Å²) >= 11 is 0. The van der Waals surface area contributed by atoms with E-state index in [0.717, 1.165) is 19.3 Å². The van der Waals surface area contributed by atoms with Gasteiger partial charge in [-0.25, -0.2) is 4.39 Å². The Balaban J connectivity index is 1.93. The van der Waals surface area contributed by atoms with Crippen molar-refractivity contribution in [2.24, 2.45) is 17.8 Å². The molecule has 7 atom stereocenters. The Morgan fingerprint density at radius 2 is 2.18 bits per heavy atom. The summed E-state index contributed by atoms with van der Waals surface area (Å²) in [6, 6.07) is 0. The number of aliphatic hydroxyl groups excluding tert-OH is 2. The topological polar surface area (TPSA) is 76.0 Å². The highest BCUT2D eigenvalue weighted by Gasteiger charge is 2.53. The number of hydrogen-bond donors (Lipinski definition) is 2. The van der Waals surface area contributed by atoms with Crippen LogP contribution in [0.15, 0.2) is 24.0 Å². The number of unbranched alkanes of at least 4 members (excludes halogenated alkanes) is 2. The quantitative estimate of drug-likeness (QED) is 0.333. The number of carbonyl (C=O) groups excluding carboxylic acids is 1. The molecule has 0 aromatic rings. The average Bonchev–Trinajstić information content (AvgIpc) is 3.15. The van der Waals surface area contributed by atoms with E-state index >= 15 is 0 Å². The number of allylic oxidation sites excluding steroid dienone is 2. The third-order valence-corrected chi connectivity index (χ3v) is 5.97. The second-order valence-corrected chi connectivity index (χ2v) is 8.09. The molecule has 2 rings (SSSR count). The number of fused-ring (bicyclic) bond motifs is 1. The molecule has 0 amide bonds. The molecule has 1 aliphatic carbocycles. The summed E-state index contributed by atoms with van der Waals surface area (Å²) in [7, 11) is 1.35. The van der Waals surface area contributed by atoms with Crippen LogP contribution in [-0.2, 0) is 14.3 Å². The number of alkyl halides is 1. The van der Waals surface area contributed by atoms with Gasteiger partial charge in [0, 0.05) is 24.7 Å². The average molecular weight is 399 g/mol. The van der Waals surface area contributed by atoms with Gasteiger partial charge in [-0.2, -0.15) is 0 Å². The lowest BCUT2D eigenvalue weighted by molar-refractivity contribution is -0.140. The van der Waals surface area contributed by atoms with E-state index in [4.69, 9.17) is 4.74 Å². The van der Waals surface area contributed by atoms with Crippen LogP contribution in [0.1, 0.15) is 58.8 Å². The van der Waals surface area contributed by atoms with Crippen LogP contribution in [0, 0.1) is 17.8 Å². The second-order valence-electron chi connectivity index (χ2n) is 8.09. The summed E-state index contributed by atoms with van der Waals surface area (Å²) in [4.78, 5) is 11.1. The lowest BCUT2D eigenvalue weighted by atomic mass is 9.88. The Labute approximate surface area is 167 Å². The maximum atomic E-state index is 15.0. The first-order valence-corrected chi connectivity index (χ1v) is 10.5. The molecule has 0 bridgehead atoms. The molecule has 1 saturated heterocycles. The molecule has 2 unspecified atom stereocenters. The molecule has 2 fully saturated rings. The highest BCUT2D eigenvalue weighted by molar-refractivity contribution is 5.69. The van der Waals surface area contributed by atoms with Crippen molar-refractivity contribution in [1.29, 1.82) is 0 Å². The van der Waals surface area contributed by atoms with Gasteiger partial charge in [-0.1, -0.05) is 38.8 Å². The lowest BCUT2D eigenvalue weighted by Gasteiger charge is -2.20. The lowest BCUT2D eigenvalue weighted by Crippen LogP contribution is -2.25. The largest absolute Gasteiger partial charge is 0.491 e. The molecular formula is C22H35FO5. The van der Waals surface area contributed by atoms with Crippen molar-refractivity contribution in [1.82, 2.24) is 0 Å². The fourth-order valence-electron chi connectivity index (χ4n) is 4.14. The van der Waals surface area contributed by atoms with Crippen molar-refractivity contribution < 1.29 is 28.9 Å². The van der Waals surface area contributed by atoms with E-state index in [1.54, 1.807) is 18.2 Å². The minimum atomic E-state index is -1.27. The number of hydrogen-bond acceptors (Lipinski definition) is 5. The molecule has 6 heteroatoms. The fraction of sp³-hybridized carbons (Fsp3) is 0.773. The molecule has 1 aliphatic heterocycles. The number of methoxy groups -OCH3 is 1. The maximum absolute atomic E-state index is 15.0. The normalized spacial score (nSPS) is 33.1. The first kappa shape index (κ1) is 22.9. The number of esters is 1. The predicted molar refractivity (Wildman–Crippen MR) is 105 cm³/mol. The summed E-state index contributed by atoms with van der Waals surface area (Å²) in [5.74, 6) is -0.636. The Morgan fingerprint density at radius 1 is 1.43 bits per heavy atom. The zero-order valence-corrected chi connectivity index (χ0v) is 17.2. The standard InChI is InChI=1S/C22H35FO5/c1-4-5-8-14(2)16(24)12-11-15-17(25)13-19-21(15)22(23)18(28-19)9-6-7-10-20(26)27-3/h9,11-12,14-17,19,21-22,24-25H,4-8,10,13H2,1-3H3/b12-11+,18-9-/t14?,15-,16-,17+,19-,21+,22?/m0/s1. The van der Waals surface area contributed by atoms with Gasteiger partial charge < -0.3 is 19.7 Å². The molecular weight excluding hydrogens is 363 g/mol. The van der Waals surface area contributed by atoms with Gasteiger partial charge in [0.25, 0.3) is 0 Å². The molecule has 28 heavy (non-hydrogen) atoms. The molecule has 5 nitrogen and oxygen atoms in total. The van der Waals surface area contributed by atoms with Gasteiger partial charge in [0.1, 0.15) is 11.9 Å². The van der Waals surface area contributed by atoms with Crippen molar-refractivity contribution >= 4 is 5.97 Å². The summed E-state index contributed by atoms with van der Waals surface area (Å²) < 4.78 is 25.3. The molecule has 2 aliphatic rings. The second kappa shape index (κ2) is 11.0.